The second-order valence-corrected chi connectivity index (χ2v) is 5.60. The van der Waals surface area contributed by atoms with E-state index in [0.717, 1.165) is 42.9 Å². The van der Waals surface area contributed by atoms with Crippen molar-refractivity contribution in [3.05, 3.63) is 30.5 Å². The van der Waals surface area contributed by atoms with E-state index >= 15 is 0 Å². The molecular weight excluding hydrogens is 276 g/mol. The highest BCUT2D eigenvalue weighted by Crippen LogP contribution is 2.29. The van der Waals surface area contributed by atoms with Crippen LogP contribution in [0.3, 0.4) is 0 Å². The molecule has 22 heavy (non-hydrogen) atoms. The third kappa shape index (κ3) is 2.34. The fourth-order valence-corrected chi connectivity index (χ4v) is 3.03. The Balaban J connectivity index is 1.72. The van der Waals surface area contributed by atoms with E-state index in [-0.39, 0.29) is 0 Å². The molecule has 0 aliphatic carbocycles. The quantitative estimate of drug-likeness (QED) is 0.862. The second-order valence-electron chi connectivity index (χ2n) is 5.60. The molecule has 3 heterocycles. The van der Waals surface area contributed by atoms with Gasteiger partial charge in [0.05, 0.1) is 13.5 Å². The zero-order valence-corrected chi connectivity index (χ0v) is 12.7. The summed E-state index contributed by atoms with van der Waals surface area (Å²) in [7, 11) is 1.93. The molecule has 0 spiro atoms. The first kappa shape index (κ1) is 11.5. The smallest absolute Gasteiger partial charge is 0.163 e. The van der Waals surface area contributed by atoms with Crippen molar-refractivity contribution >= 4 is 22.4 Å². The van der Waals surface area contributed by atoms with Crippen molar-refractivity contribution in [3.63, 3.8) is 0 Å². The van der Waals surface area contributed by atoms with Crippen LogP contribution in [0.1, 0.15) is 2.74 Å². The lowest BCUT2D eigenvalue weighted by Gasteiger charge is -2.29. The van der Waals surface area contributed by atoms with E-state index in [4.69, 9.17) is 2.74 Å². The van der Waals surface area contributed by atoms with Crippen LogP contribution < -0.4 is 20.4 Å². The van der Waals surface area contributed by atoms with E-state index in [1.165, 1.54) is 5.69 Å². The summed E-state index contributed by atoms with van der Waals surface area (Å²) in [6.45, 7) is 2.78. The standard InChI is InChI=1S/C16H22N6/c1-20-15-11-13(21-9-6-17-7-10-21)3-4-14(15)16(19-20)22-8-2-5-18-12-22/h2-4,8,11,17-18H,5-7,9-10,12H2,1H3/i5D,12D. The fraction of sp³-hybridized carbons (Fsp3) is 0.438. The van der Waals surface area contributed by atoms with Gasteiger partial charge in [0.25, 0.3) is 0 Å². The highest BCUT2D eigenvalue weighted by molar-refractivity contribution is 5.93. The molecule has 1 saturated heterocycles. The Kier molecular flexibility index (Phi) is 2.94. The maximum Gasteiger partial charge on any atom is 0.163 e. The van der Waals surface area contributed by atoms with Crippen molar-refractivity contribution in [2.75, 3.05) is 49.1 Å². The summed E-state index contributed by atoms with van der Waals surface area (Å²) in [5.74, 6) is 0.745. The van der Waals surface area contributed by atoms with Crippen LogP contribution in [-0.2, 0) is 7.05 Å². The summed E-state index contributed by atoms with van der Waals surface area (Å²) in [4.78, 5) is 4.14. The number of anilines is 2. The predicted octanol–water partition coefficient (Wildman–Crippen LogP) is 0.864. The Bertz CT molecular complexity index is 767. The van der Waals surface area contributed by atoms with E-state index in [0.29, 0.717) is 0 Å². The Morgan fingerprint density at radius 1 is 1.23 bits per heavy atom. The highest BCUT2D eigenvalue weighted by atomic mass is 15.4. The highest BCUT2D eigenvalue weighted by Gasteiger charge is 2.17. The fourth-order valence-electron chi connectivity index (χ4n) is 3.03. The second kappa shape index (κ2) is 5.62. The van der Waals surface area contributed by atoms with Crippen LogP contribution in [0.2, 0.25) is 0 Å². The largest absolute Gasteiger partial charge is 0.369 e. The first-order chi connectivity index (χ1) is 11.6. The number of nitrogens with one attached hydrogen (secondary N) is 2. The molecule has 1 aromatic carbocycles. The van der Waals surface area contributed by atoms with Crippen molar-refractivity contribution < 1.29 is 2.74 Å². The van der Waals surface area contributed by atoms with Crippen LogP contribution in [-0.4, -0.2) is 49.1 Å². The van der Waals surface area contributed by atoms with Gasteiger partial charge in [0.1, 0.15) is 0 Å². The number of piperazine rings is 1. The molecule has 6 heteroatoms. The molecule has 0 bridgehead atoms. The van der Waals surface area contributed by atoms with Crippen LogP contribution in [0.5, 0.6) is 0 Å². The van der Waals surface area contributed by atoms with Crippen LogP contribution in [0.4, 0.5) is 11.5 Å². The van der Waals surface area contributed by atoms with Crippen LogP contribution in [0, 0.1) is 0 Å². The van der Waals surface area contributed by atoms with E-state index in [9.17, 15) is 0 Å². The molecular formula is C16H22N6. The van der Waals surface area contributed by atoms with Gasteiger partial charge in [-0.1, -0.05) is 6.08 Å². The zero-order valence-electron chi connectivity index (χ0n) is 14.7. The molecule has 2 unspecified atom stereocenters. The van der Waals surface area contributed by atoms with Crippen molar-refractivity contribution in [1.29, 1.82) is 0 Å². The minimum absolute atomic E-state index is 0.543. The Labute approximate surface area is 133 Å². The lowest BCUT2D eigenvalue weighted by atomic mass is 10.2. The number of aromatic nitrogens is 2. The zero-order chi connectivity index (χ0) is 16.7. The summed E-state index contributed by atoms with van der Waals surface area (Å²) in [6, 6.07) is 6.39. The molecule has 4 rings (SSSR count). The molecule has 116 valence electrons. The SMILES string of the molecule is [2H]C1C=CN(c2nn(C)c3cc(N4CCNCC4)ccc23)C([2H])N1. The van der Waals surface area contributed by atoms with Crippen molar-refractivity contribution in [2.45, 2.75) is 0 Å². The van der Waals surface area contributed by atoms with Gasteiger partial charge >= 0.3 is 0 Å². The lowest BCUT2D eigenvalue weighted by Crippen LogP contribution is -2.43. The summed E-state index contributed by atoms with van der Waals surface area (Å²) in [5.41, 5.74) is 2.26. The summed E-state index contributed by atoms with van der Waals surface area (Å²) >= 11 is 0. The first-order valence-electron chi connectivity index (χ1n) is 8.78. The van der Waals surface area contributed by atoms with E-state index in [1.54, 1.807) is 17.2 Å². The molecule has 0 radical (unpaired) electrons. The number of rotatable bonds is 2. The summed E-state index contributed by atoms with van der Waals surface area (Å²) in [6.07, 6.45) is 3.50. The molecule has 0 saturated carbocycles. The molecule has 2 aliphatic heterocycles. The average Bonchev–Trinajstić information content (AvgIpc) is 2.92. The first-order valence-corrected chi connectivity index (χ1v) is 7.63. The van der Waals surface area contributed by atoms with Crippen molar-refractivity contribution in [1.82, 2.24) is 20.4 Å². The Morgan fingerprint density at radius 2 is 2.09 bits per heavy atom. The number of hydrogen-bond acceptors (Lipinski definition) is 5. The van der Waals surface area contributed by atoms with Crippen molar-refractivity contribution in [2.24, 2.45) is 7.05 Å². The number of hydrogen-bond donors (Lipinski definition) is 2. The third-order valence-electron chi connectivity index (χ3n) is 4.20. The number of nitrogens with zero attached hydrogens (tertiary/aromatic N) is 4. The monoisotopic (exact) mass is 300 g/mol. The number of aryl methyl sites for hydroxylation is 1. The van der Waals surface area contributed by atoms with Crippen LogP contribution in [0.25, 0.3) is 10.9 Å². The Morgan fingerprint density at radius 3 is 2.91 bits per heavy atom. The van der Waals surface area contributed by atoms with E-state index in [2.05, 4.69) is 38.8 Å². The predicted molar refractivity (Wildman–Crippen MR) is 90.3 cm³/mol. The van der Waals surface area contributed by atoms with Gasteiger partial charge in [-0.2, -0.15) is 5.10 Å². The summed E-state index contributed by atoms with van der Waals surface area (Å²) in [5, 5.41) is 11.9. The third-order valence-corrected chi connectivity index (χ3v) is 4.20. The normalized spacial score (nSPS) is 27.1. The van der Waals surface area contributed by atoms with Gasteiger partial charge < -0.3 is 15.1 Å². The number of fused-ring (bicyclic) bond motifs is 1. The van der Waals surface area contributed by atoms with Gasteiger partial charge in [-0.05, 0) is 18.2 Å². The topological polar surface area (TPSA) is 48.4 Å². The van der Waals surface area contributed by atoms with Gasteiger partial charge in [0, 0.05) is 58.4 Å². The molecule has 2 atom stereocenters. The minimum atomic E-state index is -0.705. The van der Waals surface area contributed by atoms with Gasteiger partial charge in [-0.15, -0.1) is 0 Å². The Hall–Kier alpha value is -2.05. The molecule has 1 fully saturated rings. The molecule has 6 nitrogen and oxygen atoms in total. The van der Waals surface area contributed by atoms with E-state index < -0.39 is 13.2 Å². The van der Waals surface area contributed by atoms with Crippen LogP contribution >= 0.6 is 0 Å². The average molecular weight is 300 g/mol. The summed E-state index contributed by atoms with van der Waals surface area (Å²) < 4.78 is 17.7. The maximum atomic E-state index is 8.16. The molecule has 2 N–H and O–H groups in total. The maximum absolute atomic E-state index is 8.16. The van der Waals surface area contributed by atoms with Crippen LogP contribution in [0.15, 0.2) is 30.5 Å². The number of benzene rings is 1. The molecule has 1 aromatic heterocycles. The van der Waals surface area contributed by atoms with Gasteiger partial charge in [0.15, 0.2) is 5.82 Å². The molecule has 2 aliphatic rings. The molecule has 0 amide bonds. The van der Waals surface area contributed by atoms with Gasteiger partial charge in [-0.3, -0.25) is 10.00 Å². The van der Waals surface area contributed by atoms with Crippen molar-refractivity contribution in [3.8, 4) is 0 Å². The minimum Gasteiger partial charge on any atom is -0.369 e. The van der Waals surface area contributed by atoms with E-state index in [1.807, 2.05) is 11.7 Å². The molecule has 2 aromatic rings. The van der Waals surface area contributed by atoms with Gasteiger partial charge in [-0.25, -0.2) is 0 Å². The lowest BCUT2D eigenvalue weighted by molar-refractivity contribution is 0.589. The van der Waals surface area contributed by atoms with Gasteiger partial charge in [0.2, 0.25) is 0 Å².